The Morgan fingerprint density at radius 3 is 2.71 bits per heavy atom. The van der Waals surface area contributed by atoms with E-state index in [1.807, 2.05) is 26.8 Å². The van der Waals surface area contributed by atoms with Gasteiger partial charge in [-0.25, -0.2) is 4.99 Å². The van der Waals surface area contributed by atoms with Gasteiger partial charge in [0.2, 0.25) is 5.78 Å². The summed E-state index contributed by atoms with van der Waals surface area (Å²) in [5.41, 5.74) is -0.265. The summed E-state index contributed by atoms with van der Waals surface area (Å²) in [4.78, 5) is 16.5. The summed E-state index contributed by atoms with van der Waals surface area (Å²) in [6, 6.07) is 0. The van der Waals surface area contributed by atoms with Crippen molar-refractivity contribution in [3.63, 3.8) is 0 Å². The molecule has 1 aliphatic rings. The average molecular weight is 237 g/mol. The smallest absolute Gasteiger partial charge is 0.254 e. The van der Waals surface area contributed by atoms with Crippen LogP contribution in [0.15, 0.2) is 17.6 Å². The number of carbonyl (C=O) groups excluding carboxylic acids is 1. The van der Waals surface area contributed by atoms with Gasteiger partial charge in [-0.2, -0.15) is 0 Å². The Bertz CT molecular complexity index is 331. The SMILES string of the molecule is C=C[C@H](CCC)[C@H](C)C(=O)C1=NC(C)(C)CO1. The number of ketones is 1. The monoisotopic (exact) mass is 237 g/mol. The van der Waals surface area contributed by atoms with E-state index >= 15 is 0 Å². The van der Waals surface area contributed by atoms with Crippen LogP contribution in [-0.4, -0.2) is 23.8 Å². The Balaban J connectivity index is 2.73. The fourth-order valence-electron chi connectivity index (χ4n) is 2.01. The van der Waals surface area contributed by atoms with E-state index in [1.54, 1.807) is 0 Å². The molecule has 0 unspecified atom stereocenters. The molecule has 0 N–H and O–H groups in total. The van der Waals surface area contributed by atoms with Gasteiger partial charge in [0.05, 0.1) is 5.54 Å². The maximum atomic E-state index is 12.2. The van der Waals surface area contributed by atoms with Gasteiger partial charge in [-0.3, -0.25) is 4.79 Å². The molecule has 1 rings (SSSR count). The lowest BCUT2D eigenvalue weighted by Gasteiger charge is -2.18. The molecule has 0 saturated heterocycles. The van der Waals surface area contributed by atoms with Crippen LogP contribution in [0.3, 0.4) is 0 Å². The lowest BCUT2D eigenvalue weighted by atomic mass is 9.87. The molecule has 0 aliphatic carbocycles. The third-order valence-electron chi connectivity index (χ3n) is 3.16. The van der Waals surface area contributed by atoms with Crippen molar-refractivity contribution in [1.29, 1.82) is 0 Å². The van der Waals surface area contributed by atoms with Gasteiger partial charge in [0.25, 0.3) is 5.90 Å². The van der Waals surface area contributed by atoms with Crippen molar-refractivity contribution in [2.45, 2.75) is 46.1 Å². The number of aliphatic imine (C=N–C) groups is 1. The Hall–Kier alpha value is -1.12. The number of carbonyl (C=O) groups is 1. The van der Waals surface area contributed by atoms with Crippen molar-refractivity contribution in [3.05, 3.63) is 12.7 Å². The first-order chi connectivity index (χ1) is 7.91. The summed E-state index contributed by atoms with van der Waals surface area (Å²) in [7, 11) is 0. The lowest BCUT2D eigenvalue weighted by molar-refractivity contribution is -0.118. The van der Waals surface area contributed by atoms with Gasteiger partial charge in [-0.05, 0) is 26.2 Å². The van der Waals surface area contributed by atoms with E-state index in [0.29, 0.717) is 12.5 Å². The Morgan fingerprint density at radius 2 is 2.29 bits per heavy atom. The average Bonchev–Trinajstić information content (AvgIpc) is 2.64. The molecule has 1 aliphatic heterocycles. The van der Waals surface area contributed by atoms with E-state index in [9.17, 15) is 4.79 Å². The van der Waals surface area contributed by atoms with E-state index in [4.69, 9.17) is 4.74 Å². The number of ether oxygens (including phenoxy) is 1. The first kappa shape index (κ1) is 13.9. The Morgan fingerprint density at radius 1 is 1.65 bits per heavy atom. The zero-order valence-electron chi connectivity index (χ0n) is 11.3. The molecule has 0 fully saturated rings. The molecular formula is C14H23NO2. The van der Waals surface area contributed by atoms with Gasteiger partial charge in [-0.15, -0.1) is 6.58 Å². The van der Waals surface area contributed by atoms with Gasteiger partial charge < -0.3 is 4.74 Å². The molecule has 96 valence electrons. The van der Waals surface area contributed by atoms with Gasteiger partial charge >= 0.3 is 0 Å². The van der Waals surface area contributed by atoms with Crippen molar-refractivity contribution >= 4 is 11.7 Å². The zero-order chi connectivity index (χ0) is 13.1. The van der Waals surface area contributed by atoms with Crippen LogP contribution in [0.25, 0.3) is 0 Å². The molecule has 0 aromatic heterocycles. The van der Waals surface area contributed by atoms with E-state index in [1.165, 1.54) is 0 Å². The van der Waals surface area contributed by atoms with E-state index in [-0.39, 0.29) is 23.2 Å². The molecule has 3 nitrogen and oxygen atoms in total. The number of rotatable bonds is 6. The predicted octanol–water partition coefficient (Wildman–Crippen LogP) is 3.00. The topological polar surface area (TPSA) is 38.7 Å². The number of allylic oxidation sites excluding steroid dienone is 1. The molecule has 0 radical (unpaired) electrons. The summed E-state index contributed by atoms with van der Waals surface area (Å²) >= 11 is 0. The molecular weight excluding hydrogens is 214 g/mol. The predicted molar refractivity (Wildman–Crippen MR) is 70.2 cm³/mol. The summed E-state index contributed by atoms with van der Waals surface area (Å²) < 4.78 is 5.39. The van der Waals surface area contributed by atoms with Crippen LogP contribution in [0, 0.1) is 11.8 Å². The number of hydrogen-bond acceptors (Lipinski definition) is 3. The van der Waals surface area contributed by atoms with Gasteiger partial charge in [0, 0.05) is 5.92 Å². The fourth-order valence-corrected chi connectivity index (χ4v) is 2.01. The molecule has 0 aromatic carbocycles. The number of nitrogens with zero attached hydrogens (tertiary/aromatic N) is 1. The van der Waals surface area contributed by atoms with E-state index < -0.39 is 0 Å². The third kappa shape index (κ3) is 3.42. The van der Waals surface area contributed by atoms with Crippen molar-refractivity contribution in [3.8, 4) is 0 Å². The van der Waals surface area contributed by atoms with Crippen molar-refractivity contribution in [2.75, 3.05) is 6.61 Å². The minimum absolute atomic E-state index is 0.00826. The van der Waals surface area contributed by atoms with Crippen molar-refractivity contribution < 1.29 is 9.53 Å². The molecule has 0 aromatic rings. The van der Waals surface area contributed by atoms with Crippen LogP contribution >= 0.6 is 0 Å². The number of Topliss-reactive ketones (excluding diaryl/α,β-unsaturated/α-hetero) is 1. The normalized spacial score (nSPS) is 21.3. The van der Waals surface area contributed by atoms with Crippen molar-refractivity contribution in [2.24, 2.45) is 16.8 Å². The van der Waals surface area contributed by atoms with E-state index in [2.05, 4.69) is 18.5 Å². The molecule has 0 bridgehead atoms. The fraction of sp³-hybridized carbons (Fsp3) is 0.714. The summed E-state index contributed by atoms with van der Waals surface area (Å²) in [5, 5.41) is 0. The standard InChI is InChI=1S/C14H23NO2/c1-6-8-11(7-2)10(3)12(16)13-15-14(4,5)9-17-13/h7,10-11H,2,6,8-9H2,1,3-5H3/t10-,11+/m0/s1. The summed E-state index contributed by atoms with van der Waals surface area (Å²) in [6.45, 7) is 12.3. The third-order valence-corrected chi connectivity index (χ3v) is 3.16. The Labute approximate surface area is 104 Å². The maximum Gasteiger partial charge on any atom is 0.254 e. The quantitative estimate of drug-likeness (QED) is 0.666. The van der Waals surface area contributed by atoms with Crippen LogP contribution < -0.4 is 0 Å². The highest BCUT2D eigenvalue weighted by Crippen LogP contribution is 2.24. The highest BCUT2D eigenvalue weighted by atomic mass is 16.5. The lowest BCUT2D eigenvalue weighted by Crippen LogP contribution is -2.27. The van der Waals surface area contributed by atoms with Crippen LogP contribution in [0.1, 0.15) is 40.5 Å². The molecule has 1 heterocycles. The highest BCUT2D eigenvalue weighted by Gasteiger charge is 2.33. The second kappa shape index (κ2) is 5.48. The zero-order valence-corrected chi connectivity index (χ0v) is 11.3. The maximum absolute atomic E-state index is 12.2. The first-order valence-electron chi connectivity index (χ1n) is 6.30. The molecule has 0 saturated carbocycles. The second-order valence-electron chi connectivity index (χ2n) is 5.36. The molecule has 3 heteroatoms. The molecule has 0 spiro atoms. The minimum atomic E-state index is -0.265. The van der Waals surface area contributed by atoms with Crippen molar-refractivity contribution in [1.82, 2.24) is 0 Å². The first-order valence-corrected chi connectivity index (χ1v) is 6.30. The molecule has 2 atom stereocenters. The Kier molecular flexibility index (Phi) is 4.49. The summed E-state index contributed by atoms with van der Waals surface area (Å²) in [5.74, 6) is 0.419. The van der Waals surface area contributed by atoms with Crippen LogP contribution in [-0.2, 0) is 9.53 Å². The van der Waals surface area contributed by atoms with Gasteiger partial charge in [-0.1, -0.05) is 26.3 Å². The van der Waals surface area contributed by atoms with Crippen LogP contribution in [0.2, 0.25) is 0 Å². The number of hydrogen-bond donors (Lipinski definition) is 0. The van der Waals surface area contributed by atoms with Crippen LogP contribution in [0.5, 0.6) is 0 Å². The van der Waals surface area contributed by atoms with Crippen LogP contribution in [0.4, 0.5) is 0 Å². The minimum Gasteiger partial charge on any atom is -0.473 e. The highest BCUT2D eigenvalue weighted by molar-refractivity contribution is 6.37. The molecule has 0 amide bonds. The second-order valence-corrected chi connectivity index (χ2v) is 5.36. The summed E-state index contributed by atoms with van der Waals surface area (Å²) in [6.07, 6.45) is 3.90. The largest absolute Gasteiger partial charge is 0.473 e. The van der Waals surface area contributed by atoms with E-state index in [0.717, 1.165) is 12.8 Å². The molecule has 17 heavy (non-hydrogen) atoms. The van der Waals surface area contributed by atoms with Gasteiger partial charge in [0.15, 0.2) is 0 Å². The van der Waals surface area contributed by atoms with Gasteiger partial charge in [0.1, 0.15) is 6.61 Å².